The lowest BCUT2D eigenvalue weighted by molar-refractivity contribution is -0.117. The summed E-state index contributed by atoms with van der Waals surface area (Å²) in [6, 6.07) is 6.35. The van der Waals surface area contributed by atoms with E-state index < -0.39 is 0 Å². The zero-order chi connectivity index (χ0) is 15.4. The average molecular weight is 305 g/mol. The van der Waals surface area contributed by atoms with E-state index in [1.807, 2.05) is 30.0 Å². The van der Waals surface area contributed by atoms with Gasteiger partial charge in [0.15, 0.2) is 5.11 Å². The van der Waals surface area contributed by atoms with Gasteiger partial charge in [0.05, 0.1) is 0 Å². The van der Waals surface area contributed by atoms with Crippen molar-refractivity contribution < 1.29 is 4.79 Å². The lowest BCUT2D eigenvalue weighted by Crippen LogP contribution is -2.35. The Morgan fingerprint density at radius 2 is 2.24 bits per heavy atom. The van der Waals surface area contributed by atoms with Crippen LogP contribution < -0.4 is 15.5 Å². The predicted molar refractivity (Wildman–Crippen MR) is 91.9 cm³/mol. The minimum Gasteiger partial charge on any atom is -0.360 e. The van der Waals surface area contributed by atoms with Crippen LogP contribution in [0, 0.1) is 6.92 Å². The molecule has 1 saturated heterocycles. The first-order valence-electron chi connectivity index (χ1n) is 7.49. The smallest absolute Gasteiger partial charge is 0.227 e. The molecule has 114 valence electrons. The summed E-state index contributed by atoms with van der Waals surface area (Å²) in [7, 11) is 0. The molecule has 2 rings (SSSR count). The van der Waals surface area contributed by atoms with Crippen LogP contribution in [0.3, 0.4) is 0 Å². The molecule has 1 unspecified atom stereocenters. The molecule has 2 N–H and O–H groups in total. The van der Waals surface area contributed by atoms with E-state index in [-0.39, 0.29) is 5.91 Å². The highest BCUT2D eigenvalue weighted by Gasteiger charge is 2.22. The number of amides is 1. The molecule has 0 aliphatic carbocycles. The molecule has 1 amide bonds. The molecule has 1 heterocycles. The standard InChI is InChI=1S/C16H23N3OS/c1-4-12(3)17-16(21)18-13-7-8-14(11(2)10-13)19-9-5-6-15(19)20/h7-8,10,12H,4-6,9H2,1-3H3,(H2,17,18,21). The summed E-state index contributed by atoms with van der Waals surface area (Å²) >= 11 is 5.29. The molecule has 1 aliphatic rings. The van der Waals surface area contributed by atoms with Crippen LogP contribution in [0.4, 0.5) is 11.4 Å². The van der Waals surface area contributed by atoms with Gasteiger partial charge >= 0.3 is 0 Å². The fourth-order valence-corrected chi connectivity index (χ4v) is 2.75. The number of anilines is 2. The van der Waals surface area contributed by atoms with E-state index >= 15 is 0 Å². The Morgan fingerprint density at radius 1 is 1.48 bits per heavy atom. The number of benzene rings is 1. The van der Waals surface area contributed by atoms with Crippen molar-refractivity contribution in [3.05, 3.63) is 23.8 Å². The highest BCUT2D eigenvalue weighted by Crippen LogP contribution is 2.27. The summed E-state index contributed by atoms with van der Waals surface area (Å²) < 4.78 is 0. The van der Waals surface area contributed by atoms with E-state index in [9.17, 15) is 4.79 Å². The highest BCUT2D eigenvalue weighted by atomic mass is 32.1. The molecule has 0 spiro atoms. The van der Waals surface area contributed by atoms with Crippen LogP contribution in [0.2, 0.25) is 0 Å². The summed E-state index contributed by atoms with van der Waals surface area (Å²) in [4.78, 5) is 13.7. The van der Waals surface area contributed by atoms with Crippen LogP contribution in [0.5, 0.6) is 0 Å². The third-order valence-electron chi connectivity index (χ3n) is 3.81. The van der Waals surface area contributed by atoms with Crippen LogP contribution in [0.25, 0.3) is 0 Å². The van der Waals surface area contributed by atoms with Crippen molar-refractivity contribution in [1.29, 1.82) is 0 Å². The van der Waals surface area contributed by atoms with E-state index in [2.05, 4.69) is 24.5 Å². The Morgan fingerprint density at radius 3 is 2.81 bits per heavy atom. The van der Waals surface area contributed by atoms with Crippen molar-refractivity contribution >= 4 is 34.6 Å². The molecule has 1 atom stereocenters. The maximum atomic E-state index is 11.8. The molecule has 0 bridgehead atoms. The Hall–Kier alpha value is -1.62. The third kappa shape index (κ3) is 3.94. The van der Waals surface area contributed by atoms with E-state index in [0.29, 0.717) is 17.6 Å². The zero-order valence-electron chi connectivity index (χ0n) is 12.9. The summed E-state index contributed by atoms with van der Waals surface area (Å²) in [6.45, 7) is 7.06. The monoisotopic (exact) mass is 305 g/mol. The quantitative estimate of drug-likeness (QED) is 0.839. The van der Waals surface area contributed by atoms with Gasteiger partial charge < -0.3 is 15.5 Å². The third-order valence-corrected chi connectivity index (χ3v) is 4.03. The number of nitrogens with zero attached hydrogens (tertiary/aromatic N) is 1. The predicted octanol–water partition coefficient (Wildman–Crippen LogP) is 3.21. The van der Waals surface area contributed by atoms with Crippen molar-refractivity contribution in [2.75, 3.05) is 16.8 Å². The summed E-state index contributed by atoms with van der Waals surface area (Å²) in [6.07, 6.45) is 2.63. The largest absolute Gasteiger partial charge is 0.360 e. The number of carbonyl (C=O) groups is 1. The highest BCUT2D eigenvalue weighted by molar-refractivity contribution is 7.80. The Bertz CT molecular complexity index is 544. The fourth-order valence-electron chi connectivity index (χ4n) is 2.43. The second-order valence-corrected chi connectivity index (χ2v) is 5.97. The number of hydrogen-bond donors (Lipinski definition) is 2. The van der Waals surface area contributed by atoms with Crippen molar-refractivity contribution in [2.24, 2.45) is 0 Å². The second kappa shape index (κ2) is 6.89. The van der Waals surface area contributed by atoms with Gasteiger partial charge in [0.2, 0.25) is 5.91 Å². The van der Waals surface area contributed by atoms with Gasteiger partial charge in [0, 0.05) is 30.4 Å². The molecule has 21 heavy (non-hydrogen) atoms. The Kier molecular flexibility index (Phi) is 5.17. The van der Waals surface area contributed by atoms with Gasteiger partial charge in [0.1, 0.15) is 0 Å². The number of hydrogen-bond acceptors (Lipinski definition) is 2. The van der Waals surface area contributed by atoms with E-state index in [4.69, 9.17) is 12.2 Å². The Labute approximate surface area is 131 Å². The molecule has 0 saturated carbocycles. The molecule has 0 aromatic heterocycles. The maximum absolute atomic E-state index is 11.8. The van der Waals surface area contributed by atoms with Gasteiger partial charge in [-0.05, 0) is 62.7 Å². The number of aryl methyl sites for hydroxylation is 1. The van der Waals surface area contributed by atoms with Crippen molar-refractivity contribution in [3.8, 4) is 0 Å². The minimum atomic E-state index is 0.216. The normalized spacial score (nSPS) is 16.0. The zero-order valence-corrected chi connectivity index (χ0v) is 13.7. The first kappa shape index (κ1) is 15.8. The Balaban J connectivity index is 2.05. The SMILES string of the molecule is CCC(C)NC(=S)Nc1ccc(N2CCCC2=O)c(C)c1. The molecule has 0 radical (unpaired) electrons. The first-order chi connectivity index (χ1) is 10.0. The van der Waals surface area contributed by atoms with Gasteiger partial charge in [-0.1, -0.05) is 6.92 Å². The number of thiocarbonyl (C=S) groups is 1. The van der Waals surface area contributed by atoms with Gasteiger partial charge in [-0.15, -0.1) is 0 Å². The van der Waals surface area contributed by atoms with Crippen LogP contribution >= 0.6 is 12.2 Å². The second-order valence-electron chi connectivity index (χ2n) is 5.56. The lowest BCUT2D eigenvalue weighted by atomic mass is 10.1. The molecule has 4 nitrogen and oxygen atoms in total. The van der Waals surface area contributed by atoms with E-state index in [1.165, 1.54) is 0 Å². The van der Waals surface area contributed by atoms with Crippen molar-refractivity contribution in [3.63, 3.8) is 0 Å². The summed E-state index contributed by atoms with van der Waals surface area (Å²) in [5, 5.41) is 7.06. The van der Waals surface area contributed by atoms with Crippen LogP contribution in [-0.4, -0.2) is 23.6 Å². The maximum Gasteiger partial charge on any atom is 0.227 e. The fraction of sp³-hybridized carbons (Fsp3) is 0.500. The average Bonchev–Trinajstić information content (AvgIpc) is 2.84. The van der Waals surface area contributed by atoms with Crippen molar-refractivity contribution in [2.45, 2.75) is 46.1 Å². The van der Waals surface area contributed by atoms with Gasteiger partial charge in [-0.3, -0.25) is 4.79 Å². The van der Waals surface area contributed by atoms with E-state index in [1.54, 1.807) is 0 Å². The summed E-state index contributed by atoms with van der Waals surface area (Å²) in [5.41, 5.74) is 3.04. The number of rotatable bonds is 4. The molecule has 1 aromatic rings. The lowest BCUT2D eigenvalue weighted by Gasteiger charge is -2.20. The van der Waals surface area contributed by atoms with Crippen molar-refractivity contribution in [1.82, 2.24) is 5.32 Å². The van der Waals surface area contributed by atoms with E-state index in [0.717, 1.165) is 36.3 Å². The first-order valence-corrected chi connectivity index (χ1v) is 7.90. The molecule has 5 heteroatoms. The van der Waals surface area contributed by atoms with Gasteiger partial charge in [-0.2, -0.15) is 0 Å². The molecular formula is C16H23N3OS. The molecule has 1 fully saturated rings. The summed E-state index contributed by atoms with van der Waals surface area (Å²) in [5.74, 6) is 0.216. The minimum absolute atomic E-state index is 0.216. The van der Waals surface area contributed by atoms with Gasteiger partial charge in [-0.25, -0.2) is 0 Å². The van der Waals surface area contributed by atoms with Crippen LogP contribution in [-0.2, 0) is 4.79 Å². The topological polar surface area (TPSA) is 44.4 Å². The molecular weight excluding hydrogens is 282 g/mol. The molecule has 1 aromatic carbocycles. The molecule has 1 aliphatic heterocycles. The van der Waals surface area contributed by atoms with Crippen LogP contribution in [0.1, 0.15) is 38.7 Å². The number of nitrogens with one attached hydrogen (secondary N) is 2. The van der Waals surface area contributed by atoms with Crippen LogP contribution in [0.15, 0.2) is 18.2 Å². The van der Waals surface area contributed by atoms with Gasteiger partial charge in [0.25, 0.3) is 0 Å². The number of carbonyl (C=O) groups excluding carboxylic acids is 1.